The third-order valence-corrected chi connectivity index (χ3v) is 7.36. The van der Waals surface area contributed by atoms with Crippen molar-refractivity contribution in [2.24, 2.45) is 0 Å². The highest BCUT2D eigenvalue weighted by Gasteiger charge is 2.10. The summed E-state index contributed by atoms with van der Waals surface area (Å²) in [5.74, 6) is 1.25. The van der Waals surface area contributed by atoms with Crippen LogP contribution in [0.3, 0.4) is 0 Å². The fourth-order valence-electron chi connectivity index (χ4n) is 2.48. The zero-order valence-electron chi connectivity index (χ0n) is 17.8. The molecule has 0 radical (unpaired) electrons. The van der Waals surface area contributed by atoms with E-state index in [1.165, 1.54) is 0 Å². The second-order valence-corrected chi connectivity index (χ2v) is 14.4. The number of nitrogen functional groups attached to an aromatic ring is 1. The van der Waals surface area contributed by atoms with Crippen LogP contribution < -0.4 is 21.7 Å². The molecular formula is C21H27ClN4O2P2. The third kappa shape index (κ3) is 7.60. The second-order valence-electron chi connectivity index (χ2n) is 7.59. The lowest BCUT2D eigenvalue weighted by atomic mass is 10.3. The van der Waals surface area contributed by atoms with Crippen LogP contribution in [0, 0.1) is 6.92 Å². The van der Waals surface area contributed by atoms with Crippen molar-refractivity contribution in [2.45, 2.75) is 6.92 Å². The van der Waals surface area contributed by atoms with Gasteiger partial charge in [0.25, 0.3) is 0 Å². The molecule has 160 valence electrons. The molecule has 0 aliphatic carbocycles. The summed E-state index contributed by atoms with van der Waals surface area (Å²) >= 11 is 5.87. The Labute approximate surface area is 183 Å². The molecule has 0 atom stereocenters. The first-order valence-corrected chi connectivity index (χ1v) is 14.8. The number of nitrogens with zero attached hydrogens (tertiary/aromatic N) is 2. The lowest BCUT2D eigenvalue weighted by Crippen LogP contribution is -2.03. The number of hydrogen-bond donors (Lipinski definition) is 2. The molecule has 9 heteroatoms. The van der Waals surface area contributed by atoms with Gasteiger partial charge >= 0.3 is 0 Å². The number of aromatic nitrogens is 2. The molecule has 0 amide bonds. The molecule has 0 unspecified atom stereocenters. The topological polar surface area (TPSA) is 98.0 Å². The number of nitrogens with one attached hydrogen (secondary N) is 1. The normalized spacial score (nSPS) is 11.4. The van der Waals surface area contributed by atoms with Crippen LogP contribution in [-0.4, -0.2) is 36.6 Å². The largest absolute Gasteiger partial charge is 0.399 e. The van der Waals surface area contributed by atoms with Gasteiger partial charge in [-0.2, -0.15) is 0 Å². The van der Waals surface area contributed by atoms with Gasteiger partial charge in [-0.05, 0) is 82.1 Å². The third-order valence-electron chi connectivity index (χ3n) is 4.08. The average molecular weight is 465 g/mol. The van der Waals surface area contributed by atoms with Crippen LogP contribution in [0.4, 0.5) is 17.2 Å². The Hall–Kier alpha value is -2.13. The lowest BCUT2D eigenvalue weighted by molar-refractivity contribution is 0.587. The molecule has 3 N–H and O–H groups in total. The minimum absolute atomic E-state index is 0.401. The van der Waals surface area contributed by atoms with E-state index < -0.39 is 14.3 Å². The van der Waals surface area contributed by atoms with Crippen molar-refractivity contribution in [2.75, 3.05) is 37.7 Å². The number of rotatable bonds is 4. The van der Waals surface area contributed by atoms with E-state index in [0.717, 1.165) is 16.3 Å². The summed E-state index contributed by atoms with van der Waals surface area (Å²) in [4.78, 5) is 8.24. The molecule has 30 heavy (non-hydrogen) atoms. The van der Waals surface area contributed by atoms with E-state index in [9.17, 15) is 9.13 Å². The average Bonchev–Trinajstić information content (AvgIpc) is 2.60. The Morgan fingerprint density at radius 2 is 1.30 bits per heavy atom. The van der Waals surface area contributed by atoms with Crippen LogP contribution in [0.5, 0.6) is 0 Å². The number of aryl methyl sites for hydroxylation is 1. The van der Waals surface area contributed by atoms with Gasteiger partial charge in [0.15, 0.2) is 0 Å². The van der Waals surface area contributed by atoms with Gasteiger partial charge in [-0.15, -0.1) is 0 Å². The zero-order chi connectivity index (χ0) is 22.5. The van der Waals surface area contributed by atoms with E-state index >= 15 is 0 Å². The molecule has 0 spiro atoms. The summed E-state index contributed by atoms with van der Waals surface area (Å²) in [5.41, 5.74) is 7.06. The Morgan fingerprint density at radius 3 is 1.73 bits per heavy atom. The molecule has 0 saturated carbocycles. The molecule has 3 rings (SSSR count). The van der Waals surface area contributed by atoms with Crippen LogP contribution in [0.2, 0.25) is 5.15 Å². The Kier molecular flexibility index (Phi) is 7.87. The van der Waals surface area contributed by atoms with Gasteiger partial charge < -0.3 is 20.2 Å². The highest BCUT2D eigenvalue weighted by Crippen LogP contribution is 2.35. The summed E-state index contributed by atoms with van der Waals surface area (Å²) in [7, 11) is -4.30. The fourth-order valence-corrected chi connectivity index (χ4v) is 4.44. The molecule has 1 heterocycles. The number of halogens is 1. The van der Waals surface area contributed by atoms with E-state index in [4.69, 9.17) is 17.3 Å². The molecule has 0 fully saturated rings. The maximum atomic E-state index is 11.9. The predicted octanol–water partition coefficient (Wildman–Crippen LogP) is 4.95. The van der Waals surface area contributed by atoms with E-state index in [0.29, 0.717) is 22.5 Å². The van der Waals surface area contributed by atoms with Gasteiger partial charge in [0.2, 0.25) is 0 Å². The van der Waals surface area contributed by atoms with Gasteiger partial charge in [0.1, 0.15) is 31.1 Å². The summed E-state index contributed by atoms with van der Waals surface area (Å²) in [5, 5.41) is 5.28. The van der Waals surface area contributed by atoms with Crippen molar-refractivity contribution in [1.29, 1.82) is 0 Å². The first-order valence-electron chi connectivity index (χ1n) is 9.19. The van der Waals surface area contributed by atoms with Crippen molar-refractivity contribution >= 4 is 53.7 Å². The maximum absolute atomic E-state index is 11.9. The summed E-state index contributed by atoms with van der Waals surface area (Å²) < 4.78 is 23.4. The van der Waals surface area contributed by atoms with Crippen LogP contribution in [0.15, 0.2) is 54.6 Å². The number of anilines is 3. The Morgan fingerprint density at radius 1 is 0.833 bits per heavy atom. The highest BCUT2D eigenvalue weighted by atomic mass is 35.5. The molecule has 1 aromatic heterocycles. The van der Waals surface area contributed by atoms with Crippen molar-refractivity contribution in [1.82, 2.24) is 9.97 Å². The van der Waals surface area contributed by atoms with Crippen molar-refractivity contribution in [3.8, 4) is 0 Å². The number of benzene rings is 2. The Bertz CT molecular complexity index is 1070. The molecular weight excluding hydrogens is 438 g/mol. The fraction of sp³-hybridized carbons (Fsp3) is 0.238. The molecule has 3 aromatic rings. The lowest BCUT2D eigenvalue weighted by Gasteiger charge is -2.09. The first-order chi connectivity index (χ1) is 13.8. The van der Waals surface area contributed by atoms with Crippen LogP contribution >= 0.6 is 25.9 Å². The monoisotopic (exact) mass is 464 g/mol. The second kappa shape index (κ2) is 9.78. The van der Waals surface area contributed by atoms with Gasteiger partial charge in [-0.3, -0.25) is 0 Å². The SMILES string of the molecule is CP(C)(=O)c1ccc(N)cc1.Cc1nc(Cl)cc(Nc2ccc(P(C)(C)=O)cc2)n1. The smallest absolute Gasteiger partial charge is 0.135 e. The van der Waals surface area contributed by atoms with Crippen molar-refractivity contribution < 1.29 is 9.13 Å². The molecule has 0 bridgehead atoms. The molecule has 0 aliphatic heterocycles. The minimum Gasteiger partial charge on any atom is -0.399 e. The zero-order valence-corrected chi connectivity index (χ0v) is 20.3. The Balaban J connectivity index is 0.000000248. The van der Waals surface area contributed by atoms with E-state index in [1.807, 2.05) is 36.4 Å². The van der Waals surface area contributed by atoms with Crippen LogP contribution in [0.1, 0.15) is 5.82 Å². The van der Waals surface area contributed by atoms with Gasteiger partial charge in [0, 0.05) is 28.1 Å². The van der Waals surface area contributed by atoms with Gasteiger partial charge in [-0.1, -0.05) is 11.6 Å². The minimum atomic E-state index is -2.21. The quantitative estimate of drug-likeness (QED) is 0.322. The van der Waals surface area contributed by atoms with Crippen molar-refractivity contribution in [3.05, 3.63) is 65.6 Å². The summed E-state index contributed by atoms with van der Waals surface area (Å²) in [6.45, 7) is 8.79. The van der Waals surface area contributed by atoms with Crippen LogP contribution in [0.25, 0.3) is 0 Å². The molecule has 6 nitrogen and oxygen atoms in total. The van der Waals surface area contributed by atoms with Crippen molar-refractivity contribution in [3.63, 3.8) is 0 Å². The van der Waals surface area contributed by atoms with E-state index in [2.05, 4.69) is 15.3 Å². The standard InChI is InChI=1S/C13H15ClN3OP.C8H12NOP/c1-9-15-12(14)8-13(16-9)17-10-4-6-11(7-5-10)19(2,3)18;1-11(2,10)8-5-3-7(9)4-6-8/h4-8H,1-3H3,(H,15,16,17);3-6H,9H2,1-2H3. The van der Waals surface area contributed by atoms with Crippen LogP contribution in [-0.2, 0) is 9.13 Å². The van der Waals surface area contributed by atoms with E-state index in [-0.39, 0.29) is 0 Å². The number of hydrogen-bond acceptors (Lipinski definition) is 6. The van der Waals surface area contributed by atoms with Gasteiger partial charge in [0.05, 0.1) is 0 Å². The predicted molar refractivity (Wildman–Crippen MR) is 131 cm³/mol. The molecule has 0 aliphatic rings. The first kappa shape index (κ1) is 24.1. The van der Waals surface area contributed by atoms with E-state index in [1.54, 1.807) is 51.8 Å². The van der Waals surface area contributed by atoms with Gasteiger partial charge in [-0.25, -0.2) is 9.97 Å². The summed E-state index contributed by atoms with van der Waals surface area (Å²) in [6, 6.07) is 16.3. The highest BCUT2D eigenvalue weighted by molar-refractivity contribution is 7.70. The summed E-state index contributed by atoms with van der Waals surface area (Å²) in [6.07, 6.45) is 0. The molecule has 0 saturated heterocycles. The number of nitrogens with two attached hydrogens (primary N) is 1. The molecule has 2 aromatic carbocycles. The maximum Gasteiger partial charge on any atom is 0.135 e.